The highest BCUT2D eigenvalue weighted by Crippen LogP contribution is 2.24. The van der Waals surface area contributed by atoms with Crippen molar-refractivity contribution in [2.24, 2.45) is 0 Å². The number of nitrogens with zero attached hydrogens (tertiary/aromatic N) is 5. The molecule has 3 rings (SSSR count). The molecule has 7 nitrogen and oxygen atoms in total. The Morgan fingerprint density at radius 3 is 2.62 bits per heavy atom. The van der Waals surface area contributed by atoms with Crippen molar-refractivity contribution in [3.8, 4) is 0 Å². The van der Waals surface area contributed by atoms with Crippen LogP contribution in [0, 0.1) is 0 Å². The number of piperazine rings is 1. The van der Waals surface area contributed by atoms with Crippen molar-refractivity contribution in [1.29, 1.82) is 0 Å². The molecule has 132 valence electrons. The van der Waals surface area contributed by atoms with Crippen LogP contribution in [0.15, 0.2) is 6.33 Å². The van der Waals surface area contributed by atoms with Crippen LogP contribution in [0.2, 0.25) is 0 Å². The van der Waals surface area contributed by atoms with Gasteiger partial charge in [-0.15, -0.1) is 0 Å². The predicted octanol–water partition coefficient (Wildman–Crippen LogP) is 0.192. The van der Waals surface area contributed by atoms with E-state index in [1.807, 2.05) is 11.8 Å². The van der Waals surface area contributed by atoms with Crippen LogP contribution in [0.25, 0.3) is 0 Å². The zero-order valence-corrected chi connectivity index (χ0v) is 14.7. The number of fused-ring (bicyclic) bond motifs is 1. The Balaban J connectivity index is 1.72. The zero-order chi connectivity index (χ0) is 16.9. The topological polar surface area (TPSA) is 61.8 Å². The molecular formula is C17H27N5O2. The van der Waals surface area contributed by atoms with Crippen LogP contribution >= 0.6 is 0 Å². The standard InChI is InChI=1S/C17H27N5O2/c1-3-24-12-16(23)21-6-4-14-15(5-7-21)18-13-19-17(14)22-10-8-20(2)9-11-22/h13H,3-12H2,1-2H3. The maximum atomic E-state index is 12.2. The lowest BCUT2D eigenvalue weighted by molar-refractivity contribution is -0.135. The molecule has 1 aromatic heterocycles. The third-order valence-corrected chi connectivity index (χ3v) is 4.85. The van der Waals surface area contributed by atoms with Gasteiger partial charge < -0.3 is 19.4 Å². The first-order valence-corrected chi connectivity index (χ1v) is 8.80. The first-order valence-electron chi connectivity index (χ1n) is 8.80. The Hall–Kier alpha value is -1.73. The Morgan fingerprint density at radius 2 is 1.88 bits per heavy atom. The fourth-order valence-electron chi connectivity index (χ4n) is 3.33. The highest BCUT2D eigenvalue weighted by molar-refractivity contribution is 5.77. The van der Waals surface area contributed by atoms with Crippen LogP contribution < -0.4 is 4.90 Å². The molecule has 2 aliphatic heterocycles. The summed E-state index contributed by atoms with van der Waals surface area (Å²) in [6.07, 6.45) is 3.27. The normalized spacial score (nSPS) is 19.1. The van der Waals surface area contributed by atoms with Gasteiger partial charge in [-0.1, -0.05) is 0 Å². The number of hydrogen-bond donors (Lipinski definition) is 0. The van der Waals surface area contributed by atoms with Crippen molar-refractivity contribution in [3.05, 3.63) is 17.6 Å². The lowest BCUT2D eigenvalue weighted by Crippen LogP contribution is -2.45. The van der Waals surface area contributed by atoms with Gasteiger partial charge in [0.15, 0.2) is 0 Å². The fraction of sp³-hybridized carbons (Fsp3) is 0.706. The molecule has 2 aliphatic rings. The minimum absolute atomic E-state index is 0.0683. The van der Waals surface area contributed by atoms with Crippen molar-refractivity contribution >= 4 is 11.7 Å². The second kappa shape index (κ2) is 7.90. The van der Waals surface area contributed by atoms with E-state index in [4.69, 9.17) is 4.74 Å². The predicted molar refractivity (Wildman–Crippen MR) is 92.2 cm³/mol. The summed E-state index contributed by atoms with van der Waals surface area (Å²) >= 11 is 0. The van der Waals surface area contributed by atoms with Crippen LogP contribution in [0.4, 0.5) is 5.82 Å². The van der Waals surface area contributed by atoms with Crippen molar-refractivity contribution in [2.75, 3.05) is 64.4 Å². The third-order valence-electron chi connectivity index (χ3n) is 4.85. The summed E-state index contributed by atoms with van der Waals surface area (Å²) in [5.41, 5.74) is 2.31. The van der Waals surface area contributed by atoms with Gasteiger partial charge in [-0.05, 0) is 20.4 Å². The van der Waals surface area contributed by atoms with Crippen LogP contribution in [-0.2, 0) is 22.4 Å². The van der Waals surface area contributed by atoms with Crippen molar-refractivity contribution in [2.45, 2.75) is 19.8 Å². The molecule has 0 unspecified atom stereocenters. The van der Waals surface area contributed by atoms with E-state index in [2.05, 4.69) is 26.8 Å². The van der Waals surface area contributed by atoms with Gasteiger partial charge in [0.2, 0.25) is 5.91 Å². The lowest BCUT2D eigenvalue weighted by atomic mass is 10.1. The van der Waals surface area contributed by atoms with Crippen LogP contribution in [-0.4, -0.2) is 85.2 Å². The van der Waals surface area contributed by atoms with E-state index < -0.39 is 0 Å². The van der Waals surface area contributed by atoms with Crippen molar-refractivity contribution < 1.29 is 9.53 Å². The monoisotopic (exact) mass is 333 g/mol. The Morgan fingerprint density at radius 1 is 1.12 bits per heavy atom. The molecule has 0 N–H and O–H groups in total. The summed E-state index contributed by atoms with van der Waals surface area (Å²) < 4.78 is 5.26. The molecule has 0 aromatic carbocycles. The largest absolute Gasteiger partial charge is 0.372 e. The fourth-order valence-corrected chi connectivity index (χ4v) is 3.33. The SMILES string of the molecule is CCOCC(=O)N1CCc2ncnc(N3CCN(C)CC3)c2CC1. The minimum Gasteiger partial charge on any atom is -0.372 e. The molecule has 7 heteroatoms. The van der Waals surface area contributed by atoms with E-state index in [1.165, 1.54) is 5.56 Å². The van der Waals surface area contributed by atoms with Crippen molar-refractivity contribution in [1.82, 2.24) is 19.8 Å². The molecule has 0 spiro atoms. The van der Waals surface area contributed by atoms with Crippen molar-refractivity contribution in [3.63, 3.8) is 0 Å². The highest BCUT2D eigenvalue weighted by Gasteiger charge is 2.25. The quantitative estimate of drug-likeness (QED) is 0.784. The van der Waals surface area contributed by atoms with Gasteiger partial charge in [-0.3, -0.25) is 4.79 Å². The zero-order valence-electron chi connectivity index (χ0n) is 14.7. The van der Waals surface area contributed by atoms with Gasteiger partial charge in [0.05, 0.1) is 5.69 Å². The number of amides is 1. The molecule has 0 bridgehead atoms. The van der Waals surface area contributed by atoms with Gasteiger partial charge in [0, 0.05) is 57.9 Å². The molecule has 1 amide bonds. The van der Waals surface area contributed by atoms with Gasteiger partial charge in [-0.2, -0.15) is 0 Å². The van der Waals surface area contributed by atoms with Crippen LogP contribution in [0.1, 0.15) is 18.2 Å². The summed E-state index contributed by atoms with van der Waals surface area (Å²) in [4.78, 5) is 27.9. The molecule has 0 radical (unpaired) electrons. The average Bonchev–Trinajstić information content (AvgIpc) is 2.83. The Kier molecular flexibility index (Phi) is 5.63. The van der Waals surface area contributed by atoms with E-state index in [0.717, 1.165) is 50.5 Å². The lowest BCUT2D eigenvalue weighted by Gasteiger charge is -2.34. The molecule has 24 heavy (non-hydrogen) atoms. The van der Waals surface area contributed by atoms with Crippen LogP contribution in [0.5, 0.6) is 0 Å². The Bertz CT molecular complexity index is 572. The smallest absolute Gasteiger partial charge is 0.248 e. The summed E-state index contributed by atoms with van der Waals surface area (Å²) in [5.74, 6) is 1.13. The van der Waals surface area contributed by atoms with E-state index in [9.17, 15) is 4.79 Å². The number of hydrogen-bond acceptors (Lipinski definition) is 6. The van der Waals surface area contributed by atoms with Gasteiger partial charge in [-0.25, -0.2) is 9.97 Å². The summed E-state index contributed by atoms with van der Waals surface area (Å²) in [6.45, 7) is 8.16. The molecular weight excluding hydrogens is 306 g/mol. The molecule has 0 aliphatic carbocycles. The summed E-state index contributed by atoms with van der Waals surface area (Å²) in [6, 6.07) is 0. The van der Waals surface area contributed by atoms with Crippen LogP contribution in [0.3, 0.4) is 0 Å². The number of anilines is 1. The number of ether oxygens (including phenoxy) is 1. The molecule has 1 saturated heterocycles. The number of aromatic nitrogens is 2. The summed E-state index contributed by atoms with van der Waals surface area (Å²) in [5, 5.41) is 0. The van der Waals surface area contributed by atoms with Gasteiger partial charge >= 0.3 is 0 Å². The Labute approximate surface area is 143 Å². The second-order valence-corrected chi connectivity index (χ2v) is 6.43. The van der Waals surface area contributed by atoms with E-state index in [1.54, 1.807) is 6.33 Å². The van der Waals surface area contributed by atoms with Gasteiger partial charge in [0.1, 0.15) is 18.8 Å². The van der Waals surface area contributed by atoms with E-state index >= 15 is 0 Å². The highest BCUT2D eigenvalue weighted by atomic mass is 16.5. The number of likely N-dealkylation sites (N-methyl/N-ethyl adjacent to an activating group) is 1. The molecule has 1 aromatic rings. The average molecular weight is 333 g/mol. The minimum atomic E-state index is 0.0683. The number of carbonyl (C=O) groups excluding carboxylic acids is 1. The number of carbonyl (C=O) groups is 1. The molecule has 0 saturated carbocycles. The first-order chi connectivity index (χ1) is 11.7. The molecule has 1 fully saturated rings. The summed E-state index contributed by atoms with van der Waals surface area (Å²) in [7, 11) is 2.15. The first kappa shape index (κ1) is 17.1. The van der Waals surface area contributed by atoms with E-state index in [0.29, 0.717) is 19.7 Å². The van der Waals surface area contributed by atoms with E-state index in [-0.39, 0.29) is 12.5 Å². The second-order valence-electron chi connectivity index (χ2n) is 6.43. The molecule has 0 atom stereocenters. The third kappa shape index (κ3) is 3.84. The maximum absolute atomic E-state index is 12.2. The van der Waals surface area contributed by atoms with Gasteiger partial charge in [0.25, 0.3) is 0 Å². The molecule has 3 heterocycles. The maximum Gasteiger partial charge on any atom is 0.248 e. The number of rotatable bonds is 4.